The summed E-state index contributed by atoms with van der Waals surface area (Å²) in [6.45, 7) is 0. The summed E-state index contributed by atoms with van der Waals surface area (Å²) in [5, 5.41) is 7.16. The average Bonchev–Trinajstić information content (AvgIpc) is 3.77. The number of fused-ring (bicyclic) bond motifs is 8. The van der Waals surface area contributed by atoms with Gasteiger partial charge in [-0.2, -0.15) is 0 Å². The molecule has 0 aliphatic heterocycles. The van der Waals surface area contributed by atoms with Gasteiger partial charge >= 0.3 is 0 Å². The highest BCUT2D eigenvalue weighted by Crippen LogP contribution is 2.41. The van der Waals surface area contributed by atoms with Gasteiger partial charge in [0, 0.05) is 47.6 Å². The highest BCUT2D eigenvalue weighted by atomic mass is 32.1. The van der Waals surface area contributed by atoms with Crippen LogP contribution in [0.3, 0.4) is 0 Å². The summed E-state index contributed by atoms with van der Waals surface area (Å²) in [5.74, 6) is 1.97. The number of aromatic nitrogens is 3. The number of nitrogens with zero attached hydrogens (tertiary/aromatic N) is 3. The van der Waals surface area contributed by atoms with E-state index >= 15 is 0 Å². The van der Waals surface area contributed by atoms with Gasteiger partial charge < -0.3 is 4.42 Å². The van der Waals surface area contributed by atoms with E-state index < -0.39 is 0 Å². The van der Waals surface area contributed by atoms with Crippen LogP contribution in [0.2, 0.25) is 0 Å². The largest absolute Gasteiger partial charge is 0.456 e. The lowest BCUT2D eigenvalue weighted by atomic mass is 9.92. The first-order valence-electron chi connectivity index (χ1n) is 17.6. The zero-order chi connectivity index (χ0) is 34.2. The first kappa shape index (κ1) is 29.3. The topological polar surface area (TPSA) is 51.8 Å². The van der Waals surface area contributed by atoms with Gasteiger partial charge in [0.2, 0.25) is 0 Å². The van der Waals surface area contributed by atoms with Crippen molar-refractivity contribution in [1.82, 2.24) is 15.0 Å². The summed E-state index contributed by atoms with van der Waals surface area (Å²) in [6, 6.07) is 49.4. The molecule has 7 aromatic carbocycles. The molecule has 0 radical (unpaired) electrons. The average molecular weight is 684 g/mol. The molecular formula is C47H29N3OS. The summed E-state index contributed by atoms with van der Waals surface area (Å²) in [4.78, 5) is 15.4. The number of hydrogen-bond acceptors (Lipinski definition) is 5. The van der Waals surface area contributed by atoms with Gasteiger partial charge in [-0.05, 0) is 88.3 Å². The fourth-order valence-corrected chi connectivity index (χ4v) is 8.97. The van der Waals surface area contributed by atoms with Crippen LogP contribution in [-0.4, -0.2) is 15.0 Å². The molecule has 0 amide bonds. The maximum atomic E-state index is 6.49. The van der Waals surface area contributed by atoms with Crippen LogP contribution < -0.4 is 0 Å². The van der Waals surface area contributed by atoms with Crippen LogP contribution in [0.4, 0.5) is 0 Å². The Hall–Kier alpha value is -6.43. The number of thiophene rings is 1. The molecule has 5 heteroatoms. The molecular weight excluding hydrogens is 655 g/mol. The molecule has 10 aromatic rings. The zero-order valence-electron chi connectivity index (χ0n) is 28.0. The molecule has 0 spiro atoms. The van der Waals surface area contributed by atoms with Crippen LogP contribution >= 0.6 is 11.3 Å². The number of benzene rings is 7. The van der Waals surface area contributed by atoms with E-state index in [2.05, 4.69) is 121 Å². The Morgan fingerprint density at radius 2 is 1.21 bits per heavy atom. The van der Waals surface area contributed by atoms with Crippen LogP contribution in [0.25, 0.3) is 104 Å². The fraction of sp³-hybridized carbons (Fsp3) is 0.0426. The van der Waals surface area contributed by atoms with Crippen LogP contribution in [-0.2, 0) is 6.42 Å². The second-order valence-corrected chi connectivity index (χ2v) is 14.6. The Labute approximate surface area is 303 Å². The number of allylic oxidation sites excluding steroid dienone is 1. The third-order valence-corrected chi connectivity index (χ3v) is 11.5. The van der Waals surface area contributed by atoms with Crippen molar-refractivity contribution in [1.29, 1.82) is 0 Å². The number of hydrogen-bond donors (Lipinski definition) is 0. The minimum atomic E-state index is 0.630. The highest BCUT2D eigenvalue weighted by Gasteiger charge is 2.20. The first-order chi connectivity index (χ1) is 25.7. The number of furan rings is 1. The van der Waals surface area contributed by atoms with Crippen molar-refractivity contribution in [2.45, 2.75) is 12.8 Å². The summed E-state index contributed by atoms with van der Waals surface area (Å²) in [5.41, 5.74) is 9.38. The van der Waals surface area contributed by atoms with Gasteiger partial charge in [0.15, 0.2) is 17.5 Å². The molecule has 0 saturated heterocycles. The van der Waals surface area contributed by atoms with Crippen molar-refractivity contribution in [2.75, 3.05) is 0 Å². The third-order valence-electron chi connectivity index (χ3n) is 10.4. The molecule has 1 aliphatic carbocycles. The molecule has 3 heterocycles. The van der Waals surface area contributed by atoms with Gasteiger partial charge in [-0.15, -0.1) is 11.3 Å². The quantitative estimate of drug-likeness (QED) is 0.185. The van der Waals surface area contributed by atoms with E-state index in [-0.39, 0.29) is 0 Å². The monoisotopic (exact) mass is 683 g/mol. The minimum absolute atomic E-state index is 0.630. The molecule has 0 bridgehead atoms. The Kier molecular flexibility index (Phi) is 6.51. The van der Waals surface area contributed by atoms with Crippen molar-refractivity contribution < 1.29 is 4.42 Å². The molecule has 3 aromatic heterocycles. The summed E-state index contributed by atoms with van der Waals surface area (Å²) in [6.07, 6.45) is 6.40. The number of rotatable bonds is 4. The molecule has 1 aliphatic rings. The Morgan fingerprint density at radius 3 is 2.10 bits per heavy atom. The molecule has 52 heavy (non-hydrogen) atoms. The van der Waals surface area contributed by atoms with E-state index in [4.69, 9.17) is 19.4 Å². The predicted octanol–water partition coefficient (Wildman–Crippen LogP) is 12.9. The van der Waals surface area contributed by atoms with Crippen LogP contribution in [0.15, 0.2) is 150 Å². The lowest BCUT2D eigenvalue weighted by Gasteiger charge is -2.16. The van der Waals surface area contributed by atoms with Gasteiger partial charge in [0.1, 0.15) is 11.2 Å². The standard InChI is InChI=1S/C47H29N3OS/c1-2-11-29(12-3-1)45-48-46(35-17-8-15-28-10-6-7-16-34(28)35)50-47(49-45)36-18-9-19-41-44(36)39-26-32(20-22-40(39)51-41)33-21-23-42-37(25-33)38-24-30-13-4-5-14-31(30)27-43(38)52-42/h1-6,8-15,17-27H,7,16H2. The van der Waals surface area contributed by atoms with Gasteiger partial charge in [-0.25, -0.2) is 15.0 Å². The summed E-state index contributed by atoms with van der Waals surface area (Å²) < 4.78 is 9.09. The second-order valence-electron chi connectivity index (χ2n) is 13.5. The molecule has 244 valence electrons. The van der Waals surface area contributed by atoms with E-state index in [1.807, 2.05) is 41.7 Å². The second kappa shape index (κ2) is 11.6. The van der Waals surface area contributed by atoms with E-state index in [1.54, 1.807) is 0 Å². The summed E-state index contributed by atoms with van der Waals surface area (Å²) >= 11 is 1.85. The van der Waals surface area contributed by atoms with Crippen molar-refractivity contribution in [3.63, 3.8) is 0 Å². The van der Waals surface area contributed by atoms with Crippen molar-refractivity contribution in [3.8, 4) is 45.3 Å². The lowest BCUT2D eigenvalue weighted by molar-refractivity contribution is 0.669. The maximum Gasteiger partial charge on any atom is 0.164 e. The van der Waals surface area contributed by atoms with Crippen molar-refractivity contribution in [3.05, 3.63) is 157 Å². The predicted molar refractivity (Wildman–Crippen MR) is 217 cm³/mol. The lowest BCUT2D eigenvalue weighted by Crippen LogP contribution is -2.04. The van der Waals surface area contributed by atoms with Crippen LogP contribution in [0.1, 0.15) is 17.5 Å². The minimum Gasteiger partial charge on any atom is -0.456 e. The molecule has 0 unspecified atom stereocenters. The molecule has 11 rings (SSSR count). The van der Waals surface area contributed by atoms with Gasteiger partial charge in [0.25, 0.3) is 0 Å². The van der Waals surface area contributed by atoms with Gasteiger partial charge in [-0.1, -0.05) is 109 Å². The first-order valence-corrected chi connectivity index (χ1v) is 18.5. The van der Waals surface area contributed by atoms with Crippen molar-refractivity contribution in [2.24, 2.45) is 0 Å². The summed E-state index contributed by atoms with van der Waals surface area (Å²) in [7, 11) is 0. The molecule has 0 atom stereocenters. The molecule has 0 N–H and O–H groups in total. The third kappa shape index (κ3) is 4.70. The Morgan fingerprint density at radius 1 is 0.500 bits per heavy atom. The van der Waals surface area contributed by atoms with E-state index in [0.29, 0.717) is 17.5 Å². The van der Waals surface area contributed by atoms with Crippen molar-refractivity contribution >= 4 is 70.3 Å². The molecule has 0 fully saturated rings. The molecule has 0 saturated carbocycles. The normalized spacial score (nSPS) is 12.8. The molecule has 4 nitrogen and oxygen atoms in total. The van der Waals surface area contributed by atoms with Gasteiger partial charge in [-0.3, -0.25) is 0 Å². The highest BCUT2D eigenvalue weighted by molar-refractivity contribution is 7.25. The fourth-order valence-electron chi connectivity index (χ4n) is 7.86. The Balaban J connectivity index is 1.10. The van der Waals surface area contributed by atoms with E-state index in [9.17, 15) is 0 Å². The van der Waals surface area contributed by atoms with Crippen LogP contribution in [0, 0.1) is 0 Å². The van der Waals surface area contributed by atoms with E-state index in [1.165, 1.54) is 47.6 Å². The SMILES string of the molecule is C1=Cc2cccc(-c3nc(-c4ccccc4)nc(-c4cccc5oc6ccc(-c7ccc8sc9cc%10ccccc%10cc9c8c7)cc6c45)n3)c2CC1. The maximum absolute atomic E-state index is 6.49. The van der Waals surface area contributed by atoms with Crippen LogP contribution in [0.5, 0.6) is 0 Å². The smallest absolute Gasteiger partial charge is 0.164 e. The zero-order valence-corrected chi connectivity index (χ0v) is 28.8. The van der Waals surface area contributed by atoms with E-state index in [0.717, 1.165) is 57.0 Å². The van der Waals surface area contributed by atoms with Gasteiger partial charge in [0.05, 0.1) is 0 Å². The Bertz CT molecular complexity index is 3080.